The van der Waals surface area contributed by atoms with E-state index in [1.165, 1.54) is 0 Å². The molecule has 1 saturated heterocycles. The lowest BCUT2D eigenvalue weighted by molar-refractivity contribution is 0.144. The molecule has 1 aliphatic rings. The van der Waals surface area contributed by atoms with Gasteiger partial charge in [0.25, 0.3) is 0 Å². The number of aromatic nitrogens is 3. The minimum atomic E-state index is -0.377. The summed E-state index contributed by atoms with van der Waals surface area (Å²) in [5.74, 6) is 0. The Hall–Kier alpha value is -1.24. The predicted molar refractivity (Wildman–Crippen MR) is 61.2 cm³/mol. The van der Waals surface area contributed by atoms with Gasteiger partial charge >= 0.3 is 0 Å². The lowest BCUT2D eigenvalue weighted by Crippen LogP contribution is -2.22. The second-order valence-electron chi connectivity index (χ2n) is 3.85. The van der Waals surface area contributed by atoms with Crippen LogP contribution in [0, 0.1) is 0 Å². The van der Waals surface area contributed by atoms with Crippen molar-refractivity contribution in [2.45, 2.75) is 12.1 Å². The second kappa shape index (κ2) is 3.97. The van der Waals surface area contributed by atoms with Gasteiger partial charge in [-0.1, -0.05) is 11.3 Å². The van der Waals surface area contributed by atoms with Crippen molar-refractivity contribution in [1.29, 1.82) is 0 Å². The van der Waals surface area contributed by atoms with Crippen molar-refractivity contribution in [3.63, 3.8) is 0 Å². The number of aliphatic hydroxyl groups excluding tert-OH is 1. The van der Waals surface area contributed by atoms with Gasteiger partial charge in [0.05, 0.1) is 23.2 Å². The predicted octanol–water partition coefficient (Wildman–Crippen LogP) is 0.512. The summed E-state index contributed by atoms with van der Waals surface area (Å²) < 4.78 is 1.75. The summed E-state index contributed by atoms with van der Waals surface area (Å²) in [5, 5.41) is 23.1. The van der Waals surface area contributed by atoms with Crippen molar-refractivity contribution >= 4 is 11.3 Å². The van der Waals surface area contributed by atoms with E-state index in [2.05, 4.69) is 15.6 Å². The van der Waals surface area contributed by atoms with Gasteiger partial charge in [-0.3, -0.25) is 0 Å². The maximum absolute atomic E-state index is 9.73. The van der Waals surface area contributed by atoms with Crippen molar-refractivity contribution in [3.05, 3.63) is 23.7 Å². The first-order chi connectivity index (χ1) is 7.84. The number of nitrogens with zero attached hydrogens (tertiary/aromatic N) is 3. The number of β-amino-alcohol motifs (C(OH)–C–C–N with tert-alkyl or cyclic N) is 1. The monoisotopic (exact) mass is 236 g/mol. The molecule has 0 spiro atoms. The van der Waals surface area contributed by atoms with E-state index in [1.54, 1.807) is 16.0 Å². The Morgan fingerprint density at radius 2 is 2.44 bits per heavy atom. The zero-order valence-electron chi connectivity index (χ0n) is 8.58. The zero-order valence-corrected chi connectivity index (χ0v) is 9.39. The highest BCUT2D eigenvalue weighted by atomic mass is 32.1. The summed E-state index contributed by atoms with van der Waals surface area (Å²) in [6, 6.07) is 4.01. The van der Waals surface area contributed by atoms with Gasteiger partial charge in [-0.05, 0) is 11.4 Å². The number of hydrogen-bond acceptors (Lipinski definition) is 5. The Morgan fingerprint density at radius 3 is 3.12 bits per heavy atom. The molecule has 1 fully saturated rings. The lowest BCUT2D eigenvalue weighted by atomic mass is 10.2. The molecular formula is C10H12N4OS. The first-order valence-electron chi connectivity index (χ1n) is 5.19. The third-order valence-electron chi connectivity index (χ3n) is 2.77. The molecule has 2 aromatic heterocycles. The number of aliphatic hydroxyl groups is 1. The highest BCUT2D eigenvalue weighted by molar-refractivity contribution is 7.13. The molecule has 2 atom stereocenters. The molecule has 84 valence electrons. The van der Waals surface area contributed by atoms with Crippen LogP contribution in [0.15, 0.2) is 23.7 Å². The fourth-order valence-corrected chi connectivity index (χ4v) is 2.57. The topological polar surface area (TPSA) is 63.0 Å². The minimum Gasteiger partial charge on any atom is -0.390 e. The fourth-order valence-electron chi connectivity index (χ4n) is 1.90. The van der Waals surface area contributed by atoms with Crippen molar-refractivity contribution in [2.24, 2.45) is 0 Å². The second-order valence-corrected chi connectivity index (χ2v) is 4.80. The van der Waals surface area contributed by atoms with E-state index >= 15 is 0 Å². The van der Waals surface area contributed by atoms with Crippen LogP contribution in [0.25, 0.3) is 10.6 Å². The van der Waals surface area contributed by atoms with E-state index in [4.69, 9.17) is 0 Å². The van der Waals surface area contributed by atoms with Gasteiger partial charge in [-0.25, -0.2) is 4.68 Å². The van der Waals surface area contributed by atoms with Crippen LogP contribution in [0.2, 0.25) is 0 Å². The van der Waals surface area contributed by atoms with Crippen molar-refractivity contribution in [3.8, 4) is 10.6 Å². The number of thiophene rings is 1. The first kappa shape index (κ1) is 9.95. The van der Waals surface area contributed by atoms with Gasteiger partial charge in [0.15, 0.2) is 0 Å². The fraction of sp³-hybridized carbons (Fsp3) is 0.400. The van der Waals surface area contributed by atoms with E-state index in [1.807, 2.05) is 23.7 Å². The minimum absolute atomic E-state index is 0.00112. The zero-order chi connectivity index (χ0) is 11.0. The SMILES string of the molecule is O[C@@H]1CNC[C@H]1n1cc(-c2cccs2)nn1. The highest BCUT2D eigenvalue weighted by Crippen LogP contribution is 2.23. The van der Waals surface area contributed by atoms with E-state index in [0.29, 0.717) is 6.54 Å². The number of hydrogen-bond donors (Lipinski definition) is 2. The van der Waals surface area contributed by atoms with Crippen LogP contribution in [0.1, 0.15) is 6.04 Å². The van der Waals surface area contributed by atoms with E-state index in [0.717, 1.165) is 17.1 Å². The average Bonchev–Trinajstić information content (AvgIpc) is 2.96. The largest absolute Gasteiger partial charge is 0.390 e. The van der Waals surface area contributed by atoms with E-state index < -0.39 is 0 Å². The van der Waals surface area contributed by atoms with Crippen LogP contribution >= 0.6 is 11.3 Å². The molecule has 0 unspecified atom stereocenters. The third-order valence-corrected chi connectivity index (χ3v) is 3.67. The van der Waals surface area contributed by atoms with E-state index in [9.17, 15) is 5.11 Å². The summed E-state index contributed by atoms with van der Waals surface area (Å²) in [6.07, 6.45) is 1.52. The van der Waals surface area contributed by atoms with Crippen molar-refractivity contribution in [2.75, 3.05) is 13.1 Å². The van der Waals surface area contributed by atoms with E-state index in [-0.39, 0.29) is 12.1 Å². The van der Waals surface area contributed by atoms with Crippen LogP contribution < -0.4 is 5.32 Å². The Kier molecular flexibility index (Phi) is 2.47. The summed E-state index contributed by atoms with van der Waals surface area (Å²) in [4.78, 5) is 1.10. The Labute approximate surface area is 96.7 Å². The molecule has 0 radical (unpaired) electrons. The van der Waals surface area contributed by atoms with Crippen molar-refractivity contribution < 1.29 is 5.11 Å². The summed E-state index contributed by atoms with van der Waals surface area (Å²) in [7, 11) is 0. The van der Waals surface area contributed by atoms with Gasteiger partial charge in [0.2, 0.25) is 0 Å². The summed E-state index contributed by atoms with van der Waals surface area (Å²) in [5.41, 5.74) is 0.870. The van der Waals surface area contributed by atoms with Gasteiger partial charge in [-0.2, -0.15) is 0 Å². The molecule has 5 nitrogen and oxygen atoms in total. The summed E-state index contributed by atoms with van der Waals surface area (Å²) in [6.45, 7) is 1.37. The molecule has 0 saturated carbocycles. The molecule has 3 rings (SSSR count). The van der Waals surface area contributed by atoms with Gasteiger partial charge in [-0.15, -0.1) is 16.4 Å². The normalized spacial score (nSPS) is 25.1. The molecule has 1 aliphatic heterocycles. The van der Waals surface area contributed by atoms with Crippen LogP contribution in [-0.2, 0) is 0 Å². The number of nitrogens with one attached hydrogen (secondary N) is 1. The van der Waals surface area contributed by atoms with Gasteiger partial charge in [0.1, 0.15) is 5.69 Å². The molecular weight excluding hydrogens is 224 g/mol. The number of rotatable bonds is 2. The van der Waals surface area contributed by atoms with Gasteiger partial charge < -0.3 is 10.4 Å². The quantitative estimate of drug-likeness (QED) is 0.797. The molecule has 2 N–H and O–H groups in total. The standard InChI is InChI=1S/C10H12N4OS/c15-9-5-11-4-8(9)14-6-7(12-13-14)10-2-1-3-16-10/h1-3,6,8-9,11,15H,4-5H2/t8-,9-/m1/s1. The molecule has 0 amide bonds. The molecule has 6 heteroatoms. The smallest absolute Gasteiger partial charge is 0.122 e. The molecule has 2 aromatic rings. The molecule has 0 bridgehead atoms. The summed E-state index contributed by atoms with van der Waals surface area (Å²) >= 11 is 1.64. The highest BCUT2D eigenvalue weighted by Gasteiger charge is 2.27. The van der Waals surface area contributed by atoms with Crippen molar-refractivity contribution in [1.82, 2.24) is 20.3 Å². The van der Waals surface area contributed by atoms with Crippen LogP contribution in [-0.4, -0.2) is 39.3 Å². The molecule has 16 heavy (non-hydrogen) atoms. The maximum Gasteiger partial charge on any atom is 0.122 e. The molecule has 0 aliphatic carbocycles. The molecule has 3 heterocycles. The van der Waals surface area contributed by atoms with Crippen LogP contribution in [0.4, 0.5) is 0 Å². The van der Waals surface area contributed by atoms with Crippen LogP contribution in [0.5, 0.6) is 0 Å². The third kappa shape index (κ3) is 1.64. The Bertz CT molecular complexity index is 467. The maximum atomic E-state index is 9.73. The average molecular weight is 236 g/mol. The molecule has 0 aromatic carbocycles. The van der Waals surface area contributed by atoms with Crippen LogP contribution in [0.3, 0.4) is 0 Å². The Morgan fingerprint density at radius 1 is 1.50 bits per heavy atom. The first-order valence-corrected chi connectivity index (χ1v) is 6.07. The van der Waals surface area contributed by atoms with Gasteiger partial charge in [0, 0.05) is 13.1 Å². The Balaban J connectivity index is 1.88. The lowest BCUT2D eigenvalue weighted by Gasteiger charge is -2.11.